The molecule has 1 aliphatic heterocycles. The number of aliphatic carboxylic acids is 1. The van der Waals surface area contributed by atoms with Gasteiger partial charge in [0, 0.05) is 6.54 Å². The van der Waals surface area contributed by atoms with Crippen molar-refractivity contribution < 1.29 is 19.4 Å². The van der Waals surface area contributed by atoms with Crippen molar-refractivity contribution in [2.24, 2.45) is 0 Å². The second-order valence-electron chi connectivity index (χ2n) is 2.23. The summed E-state index contributed by atoms with van der Waals surface area (Å²) in [5.74, 6) is -1.22. The predicted octanol–water partition coefficient (Wildman–Crippen LogP) is -1.26. The molecule has 1 rings (SSSR count). The van der Waals surface area contributed by atoms with E-state index in [1.54, 1.807) is 0 Å². The topological polar surface area (TPSA) is 69.6 Å². The van der Waals surface area contributed by atoms with Crippen LogP contribution in [0.2, 0.25) is 0 Å². The largest absolute Gasteiger partial charge is 0.480 e. The van der Waals surface area contributed by atoms with E-state index in [0.29, 0.717) is 0 Å². The van der Waals surface area contributed by atoms with E-state index in [-0.39, 0.29) is 6.54 Å². The number of hydrogen-bond acceptors (Lipinski definition) is 3. The number of aliphatic hydroxyl groups excluding tert-OH is 1. The summed E-state index contributed by atoms with van der Waals surface area (Å²) in [5.41, 5.74) is 0. The van der Waals surface area contributed by atoms with Gasteiger partial charge >= 0.3 is 5.97 Å². The molecule has 0 bridgehead atoms. The third-order valence-electron chi connectivity index (χ3n) is 1.51. The first-order valence-electron chi connectivity index (χ1n) is 2.91. The van der Waals surface area contributed by atoms with E-state index in [2.05, 4.69) is 5.32 Å². The number of hydrogen-bond donors (Lipinski definition) is 3. The molecule has 1 fully saturated rings. The second kappa shape index (κ2) is 2.51. The summed E-state index contributed by atoms with van der Waals surface area (Å²) in [6, 6.07) is -1.14. The standard InChI is InChI=1S/C5H8FNO3/c6-2-1-7-3(4(2)8)5(9)10/h2-4,7-8H,1H2,(H,9,10)/t2-,3-,4+/m0/s1. The van der Waals surface area contributed by atoms with Crippen molar-refractivity contribution in [1.82, 2.24) is 5.32 Å². The van der Waals surface area contributed by atoms with Gasteiger partial charge in [-0.15, -0.1) is 0 Å². The minimum Gasteiger partial charge on any atom is -0.480 e. The molecule has 0 unspecified atom stereocenters. The molecule has 1 heterocycles. The summed E-state index contributed by atoms with van der Waals surface area (Å²) >= 11 is 0. The van der Waals surface area contributed by atoms with Gasteiger partial charge in [0.2, 0.25) is 0 Å². The lowest BCUT2D eigenvalue weighted by Gasteiger charge is -2.08. The molecule has 0 aromatic rings. The first-order valence-corrected chi connectivity index (χ1v) is 2.91. The fourth-order valence-corrected chi connectivity index (χ4v) is 0.923. The van der Waals surface area contributed by atoms with Crippen LogP contribution < -0.4 is 5.32 Å². The van der Waals surface area contributed by atoms with Gasteiger partial charge in [0.15, 0.2) is 0 Å². The van der Waals surface area contributed by atoms with Crippen LogP contribution in [0.5, 0.6) is 0 Å². The minimum atomic E-state index is -1.46. The van der Waals surface area contributed by atoms with Crippen molar-refractivity contribution in [3.63, 3.8) is 0 Å². The predicted molar refractivity (Wildman–Crippen MR) is 30.3 cm³/mol. The molecule has 5 heteroatoms. The smallest absolute Gasteiger partial charge is 0.323 e. The minimum absolute atomic E-state index is 0.0852. The average Bonchev–Trinajstić information content (AvgIpc) is 2.14. The molecule has 10 heavy (non-hydrogen) atoms. The van der Waals surface area contributed by atoms with Crippen molar-refractivity contribution in [3.05, 3.63) is 0 Å². The Kier molecular flexibility index (Phi) is 1.87. The lowest BCUT2D eigenvalue weighted by atomic mass is 10.2. The summed E-state index contributed by atoms with van der Waals surface area (Å²) in [5, 5.41) is 19.5. The van der Waals surface area contributed by atoms with Crippen LogP contribution in [0, 0.1) is 0 Å². The van der Waals surface area contributed by atoms with Crippen LogP contribution in [0.1, 0.15) is 0 Å². The molecular formula is C5H8FNO3. The van der Waals surface area contributed by atoms with Gasteiger partial charge in [-0.3, -0.25) is 10.1 Å². The average molecular weight is 149 g/mol. The fraction of sp³-hybridized carbons (Fsp3) is 0.800. The van der Waals surface area contributed by atoms with E-state index in [1.807, 2.05) is 0 Å². The van der Waals surface area contributed by atoms with Gasteiger partial charge in [-0.25, -0.2) is 4.39 Å². The van der Waals surface area contributed by atoms with E-state index in [0.717, 1.165) is 0 Å². The first-order chi connectivity index (χ1) is 4.63. The normalized spacial score (nSPS) is 40.0. The number of carboxylic acid groups (broad SMARTS) is 1. The summed E-state index contributed by atoms with van der Waals surface area (Å²) in [6.45, 7) is -0.0852. The Balaban J connectivity index is 2.57. The van der Waals surface area contributed by atoms with Gasteiger partial charge in [0.05, 0.1) is 0 Å². The summed E-state index contributed by atoms with van der Waals surface area (Å²) in [7, 11) is 0. The third kappa shape index (κ3) is 1.10. The molecule has 1 aliphatic rings. The van der Waals surface area contributed by atoms with Crippen LogP contribution in [-0.4, -0.2) is 41.0 Å². The summed E-state index contributed by atoms with van der Waals surface area (Å²) in [6.07, 6.45) is -2.86. The molecule has 58 valence electrons. The maximum absolute atomic E-state index is 12.4. The molecule has 1 saturated heterocycles. The molecule has 0 radical (unpaired) electrons. The summed E-state index contributed by atoms with van der Waals surface area (Å²) < 4.78 is 12.4. The maximum Gasteiger partial charge on any atom is 0.323 e. The molecule has 3 N–H and O–H groups in total. The molecular weight excluding hydrogens is 141 g/mol. The van der Waals surface area contributed by atoms with Crippen LogP contribution in [0.25, 0.3) is 0 Å². The van der Waals surface area contributed by atoms with E-state index < -0.39 is 24.3 Å². The fourth-order valence-electron chi connectivity index (χ4n) is 0.923. The molecule has 0 spiro atoms. The molecule has 0 aromatic heterocycles. The van der Waals surface area contributed by atoms with Gasteiger partial charge in [0.25, 0.3) is 0 Å². The van der Waals surface area contributed by atoms with E-state index >= 15 is 0 Å². The first kappa shape index (κ1) is 7.43. The van der Waals surface area contributed by atoms with Crippen LogP contribution in [0.4, 0.5) is 4.39 Å². The molecule has 0 aromatic carbocycles. The number of halogens is 1. The van der Waals surface area contributed by atoms with E-state index in [1.165, 1.54) is 0 Å². The van der Waals surface area contributed by atoms with Crippen LogP contribution in [-0.2, 0) is 4.79 Å². The Morgan fingerprint density at radius 1 is 1.70 bits per heavy atom. The monoisotopic (exact) mass is 149 g/mol. The van der Waals surface area contributed by atoms with Crippen molar-refractivity contribution >= 4 is 5.97 Å². The second-order valence-corrected chi connectivity index (χ2v) is 2.23. The molecule has 3 atom stereocenters. The lowest BCUT2D eigenvalue weighted by molar-refractivity contribution is -0.141. The zero-order valence-electron chi connectivity index (χ0n) is 5.12. The van der Waals surface area contributed by atoms with Gasteiger partial charge in [-0.2, -0.15) is 0 Å². The SMILES string of the molecule is O=C(O)[C@H]1NC[C@H](F)[C@H]1O. The molecule has 4 nitrogen and oxygen atoms in total. The maximum atomic E-state index is 12.4. The van der Waals surface area contributed by atoms with Gasteiger partial charge < -0.3 is 10.2 Å². The van der Waals surface area contributed by atoms with Gasteiger partial charge in [0.1, 0.15) is 18.3 Å². The number of nitrogens with one attached hydrogen (secondary N) is 1. The highest BCUT2D eigenvalue weighted by Gasteiger charge is 2.38. The number of rotatable bonds is 1. The highest BCUT2D eigenvalue weighted by Crippen LogP contribution is 2.10. The Hall–Kier alpha value is -0.680. The van der Waals surface area contributed by atoms with Crippen LogP contribution in [0.3, 0.4) is 0 Å². The number of carbonyl (C=O) groups is 1. The van der Waals surface area contributed by atoms with Gasteiger partial charge in [-0.1, -0.05) is 0 Å². The van der Waals surface area contributed by atoms with Crippen molar-refractivity contribution in [1.29, 1.82) is 0 Å². The molecule has 0 aliphatic carbocycles. The lowest BCUT2D eigenvalue weighted by Crippen LogP contribution is -2.39. The van der Waals surface area contributed by atoms with Crippen molar-refractivity contribution in [2.45, 2.75) is 18.3 Å². The summed E-state index contributed by atoms with van der Waals surface area (Å²) in [4.78, 5) is 10.2. The third-order valence-corrected chi connectivity index (χ3v) is 1.51. The number of alkyl halides is 1. The van der Waals surface area contributed by atoms with E-state index in [4.69, 9.17) is 10.2 Å². The Bertz CT molecular complexity index is 152. The van der Waals surface area contributed by atoms with Crippen LogP contribution in [0.15, 0.2) is 0 Å². The van der Waals surface area contributed by atoms with Gasteiger partial charge in [-0.05, 0) is 0 Å². The van der Waals surface area contributed by atoms with E-state index in [9.17, 15) is 9.18 Å². The van der Waals surface area contributed by atoms with Crippen LogP contribution >= 0.6 is 0 Å². The highest BCUT2D eigenvalue weighted by atomic mass is 19.1. The Labute approximate surface area is 56.7 Å². The Morgan fingerprint density at radius 2 is 2.30 bits per heavy atom. The molecule has 0 saturated carbocycles. The highest BCUT2D eigenvalue weighted by molar-refractivity contribution is 5.74. The Morgan fingerprint density at radius 3 is 2.50 bits per heavy atom. The number of carboxylic acids is 1. The number of aliphatic hydroxyl groups is 1. The zero-order valence-corrected chi connectivity index (χ0v) is 5.12. The molecule has 0 amide bonds. The zero-order chi connectivity index (χ0) is 7.72. The van der Waals surface area contributed by atoms with Crippen molar-refractivity contribution in [3.8, 4) is 0 Å². The van der Waals surface area contributed by atoms with Crippen molar-refractivity contribution in [2.75, 3.05) is 6.54 Å². The quantitative estimate of drug-likeness (QED) is 0.435.